The van der Waals surface area contributed by atoms with Crippen LogP contribution in [-0.4, -0.2) is 59.5 Å². The predicted molar refractivity (Wildman–Crippen MR) is 164 cm³/mol. The zero-order chi connectivity index (χ0) is 30.3. The van der Waals surface area contributed by atoms with Crippen LogP contribution >= 0.6 is 0 Å². The van der Waals surface area contributed by atoms with Crippen LogP contribution in [0.2, 0.25) is 0 Å². The molecule has 0 atom stereocenters. The molecule has 220 valence electrons. The number of carbonyl (C=O) groups is 1. The summed E-state index contributed by atoms with van der Waals surface area (Å²) >= 11 is 0. The van der Waals surface area contributed by atoms with E-state index >= 15 is 0 Å². The number of amides is 1. The largest absolute Gasteiger partial charge is 0.493 e. The highest BCUT2D eigenvalue weighted by atomic mass is 16.5. The third-order valence-electron chi connectivity index (χ3n) is 6.13. The van der Waals surface area contributed by atoms with E-state index in [2.05, 4.69) is 34.4 Å². The number of amidine groups is 1. The Bertz CT molecular complexity index is 1430. The number of hydrogen-bond donors (Lipinski definition) is 5. The van der Waals surface area contributed by atoms with E-state index in [0.29, 0.717) is 34.9 Å². The molecule has 0 unspecified atom stereocenters. The minimum atomic E-state index is -0.422. The summed E-state index contributed by atoms with van der Waals surface area (Å²) < 4.78 is 7.52. The highest BCUT2D eigenvalue weighted by Crippen LogP contribution is 2.28. The summed E-state index contributed by atoms with van der Waals surface area (Å²) in [6, 6.07) is 12.3. The average Bonchev–Trinajstić information content (AvgIpc) is 2.87. The SMILES string of the molecule is CC(C)Nc1ncc(-c2cc(N)cc(OCC(C)(C)CN(C)C)c2)n(CC(=O)NCc2ccc(C(=N)N)cc2)c1=O. The average molecular weight is 563 g/mol. The van der Waals surface area contributed by atoms with Crippen LogP contribution in [0.25, 0.3) is 11.3 Å². The lowest BCUT2D eigenvalue weighted by molar-refractivity contribution is -0.121. The fourth-order valence-corrected chi connectivity index (χ4v) is 4.48. The second-order valence-electron chi connectivity index (χ2n) is 11.6. The molecule has 0 aliphatic rings. The van der Waals surface area contributed by atoms with Crippen molar-refractivity contribution in [3.63, 3.8) is 0 Å². The topological polar surface area (TPSA) is 164 Å². The van der Waals surface area contributed by atoms with E-state index in [4.69, 9.17) is 21.6 Å². The lowest BCUT2D eigenvalue weighted by Crippen LogP contribution is -2.35. The van der Waals surface area contributed by atoms with Crippen LogP contribution in [0.4, 0.5) is 11.5 Å². The Morgan fingerprint density at radius 1 is 1.17 bits per heavy atom. The number of nitrogens with zero attached hydrogens (tertiary/aromatic N) is 3. The molecular formula is C30H42N8O3. The molecule has 7 N–H and O–H groups in total. The molecule has 0 fully saturated rings. The number of benzene rings is 2. The van der Waals surface area contributed by atoms with Gasteiger partial charge in [0.2, 0.25) is 5.91 Å². The molecule has 0 bridgehead atoms. The second kappa shape index (κ2) is 13.3. The lowest BCUT2D eigenvalue weighted by Gasteiger charge is -2.28. The van der Waals surface area contributed by atoms with Crippen molar-refractivity contribution in [2.24, 2.45) is 11.1 Å². The van der Waals surface area contributed by atoms with E-state index in [1.165, 1.54) is 4.57 Å². The van der Waals surface area contributed by atoms with Gasteiger partial charge in [-0.15, -0.1) is 0 Å². The molecule has 11 nitrogen and oxygen atoms in total. The van der Waals surface area contributed by atoms with Gasteiger partial charge in [-0.25, -0.2) is 4.98 Å². The standard InChI is InChI=1S/C30H42N8O3/c1-19(2)36-28-29(40)38(16-26(39)34-14-20-7-9-21(10-8-20)27(32)33)25(15-35-28)22-11-23(31)13-24(12-22)41-18-30(3,4)17-37(5)6/h7-13,15,19H,14,16-18,31H2,1-6H3,(H3,32,33)(H,34,39)(H,35,36). The van der Waals surface area contributed by atoms with Crippen molar-refractivity contribution in [3.8, 4) is 17.0 Å². The molecule has 0 saturated carbocycles. The van der Waals surface area contributed by atoms with Gasteiger partial charge in [0.1, 0.15) is 18.1 Å². The first-order chi connectivity index (χ1) is 19.2. The van der Waals surface area contributed by atoms with E-state index in [-0.39, 0.29) is 42.1 Å². The van der Waals surface area contributed by atoms with Gasteiger partial charge in [0.25, 0.3) is 5.56 Å². The Balaban J connectivity index is 1.89. The summed E-state index contributed by atoms with van der Waals surface area (Å²) in [6.07, 6.45) is 1.56. The van der Waals surface area contributed by atoms with Gasteiger partial charge in [-0.3, -0.25) is 19.6 Å². The van der Waals surface area contributed by atoms with Crippen molar-refractivity contribution < 1.29 is 9.53 Å². The first-order valence-electron chi connectivity index (χ1n) is 13.5. The maximum atomic E-state index is 13.5. The second-order valence-corrected chi connectivity index (χ2v) is 11.6. The molecule has 0 saturated heterocycles. The molecule has 0 radical (unpaired) electrons. The third kappa shape index (κ3) is 9.07. The summed E-state index contributed by atoms with van der Waals surface area (Å²) in [5, 5.41) is 13.4. The van der Waals surface area contributed by atoms with E-state index in [9.17, 15) is 9.59 Å². The summed E-state index contributed by atoms with van der Waals surface area (Å²) in [5.74, 6) is 0.343. The van der Waals surface area contributed by atoms with Crippen molar-refractivity contribution in [3.05, 3.63) is 70.1 Å². The van der Waals surface area contributed by atoms with Crippen LogP contribution in [0.1, 0.15) is 38.8 Å². The smallest absolute Gasteiger partial charge is 0.294 e. The zero-order valence-electron chi connectivity index (χ0n) is 24.7. The van der Waals surface area contributed by atoms with Crippen LogP contribution in [0.15, 0.2) is 53.5 Å². The van der Waals surface area contributed by atoms with Crippen LogP contribution in [0.5, 0.6) is 5.75 Å². The zero-order valence-corrected chi connectivity index (χ0v) is 24.7. The predicted octanol–water partition coefficient (Wildman–Crippen LogP) is 2.88. The molecule has 1 amide bonds. The Kier molecular flexibility index (Phi) is 10.1. The van der Waals surface area contributed by atoms with Gasteiger partial charge in [-0.05, 0) is 45.6 Å². The normalized spacial score (nSPS) is 11.5. The van der Waals surface area contributed by atoms with Gasteiger partial charge in [-0.1, -0.05) is 38.1 Å². The number of nitrogens with two attached hydrogens (primary N) is 2. The molecule has 0 spiro atoms. The molecular weight excluding hydrogens is 520 g/mol. The Morgan fingerprint density at radius 2 is 1.85 bits per heavy atom. The molecule has 2 aromatic carbocycles. The number of aromatic nitrogens is 2. The number of rotatable bonds is 13. The van der Waals surface area contributed by atoms with E-state index in [1.54, 1.807) is 48.7 Å². The minimum Gasteiger partial charge on any atom is -0.493 e. The number of anilines is 2. The van der Waals surface area contributed by atoms with Gasteiger partial charge in [0, 0.05) is 47.4 Å². The molecule has 3 aromatic rings. The van der Waals surface area contributed by atoms with E-state index in [1.807, 2.05) is 27.9 Å². The van der Waals surface area contributed by atoms with Crippen molar-refractivity contribution in [1.82, 2.24) is 19.8 Å². The molecule has 1 aromatic heterocycles. The minimum absolute atomic E-state index is 0.0247. The number of ether oxygens (including phenoxy) is 1. The van der Waals surface area contributed by atoms with Crippen LogP contribution < -0.4 is 32.4 Å². The Morgan fingerprint density at radius 3 is 2.46 bits per heavy atom. The van der Waals surface area contributed by atoms with E-state index in [0.717, 1.165) is 12.1 Å². The molecule has 0 aliphatic heterocycles. The van der Waals surface area contributed by atoms with Crippen LogP contribution in [0.3, 0.4) is 0 Å². The van der Waals surface area contributed by atoms with Gasteiger partial charge in [0.05, 0.1) is 18.5 Å². The third-order valence-corrected chi connectivity index (χ3v) is 6.13. The van der Waals surface area contributed by atoms with Crippen LogP contribution in [-0.2, 0) is 17.9 Å². The van der Waals surface area contributed by atoms with Crippen molar-refractivity contribution in [1.29, 1.82) is 5.41 Å². The molecule has 11 heteroatoms. The van der Waals surface area contributed by atoms with Gasteiger partial charge in [0.15, 0.2) is 5.82 Å². The fourth-order valence-electron chi connectivity index (χ4n) is 4.48. The number of carbonyl (C=O) groups excluding carboxylic acids is 1. The number of hydrogen-bond acceptors (Lipinski definition) is 8. The quantitative estimate of drug-likeness (QED) is 0.121. The first kappa shape index (κ1) is 31.2. The van der Waals surface area contributed by atoms with Gasteiger partial charge >= 0.3 is 0 Å². The van der Waals surface area contributed by atoms with Crippen molar-refractivity contribution in [2.45, 2.75) is 46.8 Å². The number of nitrogens with one attached hydrogen (secondary N) is 3. The van der Waals surface area contributed by atoms with Crippen LogP contribution in [0, 0.1) is 10.8 Å². The first-order valence-corrected chi connectivity index (χ1v) is 13.5. The Hall–Kier alpha value is -4.38. The van der Waals surface area contributed by atoms with Crippen molar-refractivity contribution >= 4 is 23.2 Å². The molecule has 0 aliphatic carbocycles. The van der Waals surface area contributed by atoms with Gasteiger partial charge < -0.3 is 31.7 Å². The summed E-state index contributed by atoms with van der Waals surface area (Å²) in [5.41, 5.74) is 14.2. The summed E-state index contributed by atoms with van der Waals surface area (Å²) in [6.45, 7) is 9.39. The monoisotopic (exact) mass is 562 g/mol. The van der Waals surface area contributed by atoms with E-state index < -0.39 is 5.56 Å². The molecule has 3 rings (SSSR count). The number of nitrogen functional groups attached to an aromatic ring is 2. The highest BCUT2D eigenvalue weighted by molar-refractivity contribution is 5.94. The fraction of sp³-hybridized carbons (Fsp3) is 0.400. The maximum Gasteiger partial charge on any atom is 0.294 e. The lowest BCUT2D eigenvalue weighted by atomic mass is 9.94. The Labute approximate surface area is 241 Å². The van der Waals surface area contributed by atoms with Crippen molar-refractivity contribution in [2.75, 3.05) is 38.3 Å². The molecule has 1 heterocycles. The maximum absolute atomic E-state index is 13.5. The van der Waals surface area contributed by atoms with Gasteiger partial charge in [-0.2, -0.15) is 0 Å². The summed E-state index contributed by atoms with van der Waals surface area (Å²) in [7, 11) is 4.04. The summed E-state index contributed by atoms with van der Waals surface area (Å²) in [4.78, 5) is 33.0. The highest BCUT2D eigenvalue weighted by Gasteiger charge is 2.21. The molecule has 41 heavy (non-hydrogen) atoms.